The number of rotatable bonds is 12. The molecule has 0 spiro atoms. The molecule has 1 fully saturated rings. The van der Waals surface area contributed by atoms with Gasteiger partial charge in [0.15, 0.2) is 0 Å². The van der Waals surface area contributed by atoms with Crippen molar-refractivity contribution in [1.29, 1.82) is 0 Å². The molecule has 1 aromatic rings. The molecule has 2 N–H and O–H groups in total. The van der Waals surface area contributed by atoms with Gasteiger partial charge in [-0.3, -0.25) is 9.59 Å². The maximum atomic E-state index is 12.6. The highest BCUT2D eigenvalue weighted by atomic mass is 16.6. The highest BCUT2D eigenvalue weighted by Gasteiger charge is 2.33. The van der Waals surface area contributed by atoms with Crippen LogP contribution in [0.25, 0.3) is 0 Å². The number of hydrogen-bond acceptors (Lipinski definition) is 6. The third-order valence-electron chi connectivity index (χ3n) is 5.92. The van der Waals surface area contributed by atoms with Crippen molar-refractivity contribution in [3.8, 4) is 0 Å². The monoisotopic (exact) mass is 448 g/mol. The van der Waals surface area contributed by atoms with E-state index >= 15 is 0 Å². The Morgan fingerprint density at radius 1 is 1.12 bits per heavy atom. The lowest BCUT2D eigenvalue weighted by molar-refractivity contribution is -0.151. The number of carbonyl (C=O) groups excluding carboxylic acids is 2. The van der Waals surface area contributed by atoms with Crippen LogP contribution in [-0.2, 0) is 25.7 Å². The molecule has 1 aromatic carbocycles. The maximum absolute atomic E-state index is 12.6. The van der Waals surface area contributed by atoms with Gasteiger partial charge in [0, 0.05) is 13.1 Å². The number of carbonyl (C=O) groups is 3. The Balaban J connectivity index is 1.78. The fourth-order valence-corrected chi connectivity index (χ4v) is 3.99. The van der Waals surface area contributed by atoms with E-state index in [0.29, 0.717) is 32.7 Å². The van der Waals surface area contributed by atoms with Gasteiger partial charge in [0.05, 0.1) is 12.5 Å². The topological polar surface area (TPSA) is 105 Å². The number of unbranched alkanes of at least 4 members (excludes halogenated alkanes) is 1. The highest BCUT2D eigenvalue weighted by molar-refractivity contribution is 5.73. The molecule has 1 heterocycles. The number of nitrogens with zero attached hydrogens (tertiary/aromatic N) is 1. The van der Waals surface area contributed by atoms with Crippen LogP contribution in [0.4, 0.5) is 4.79 Å². The molecule has 8 nitrogen and oxygen atoms in total. The molecule has 2 rings (SSSR count). The molecular weight excluding hydrogens is 412 g/mol. The summed E-state index contributed by atoms with van der Waals surface area (Å²) in [7, 11) is 0. The average molecular weight is 449 g/mol. The van der Waals surface area contributed by atoms with Crippen LogP contribution in [0, 0.1) is 11.8 Å². The van der Waals surface area contributed by atoms with E-state index in [9.17, 15) is 14.4 Å². The second kappa shape index (κ2) is 13.7. The van der Waals surface area contributed by atoms with Gasteiger partial charge in [-0.2, -0.15) is 0 Å². The number of nitrogens with one attached hydrogen (secondary N) is 1. The summed E-state index contributed by atoms with van der Waals surface area (Å²) in [4.78, 5) is 37.5. The number of aliphatic carboxylic acids is 1. The van der Waals surface area contributed by atoms with Crippen molar-refractivity contribution in [2.45, 2.75) is 58.6 Å². The molecule has 0 aliphatic carbocycles. The summed E-state index contributed by atoms with van der Waals surface area (Å²) >= 11 is 0. The van der Waals surface area contributed by atoms with E-state index in [1.165, 1.54) is 0 Å². The number of benzene rings is 1. The standard InChI is InChI=1S/C24H36N2O6/c1-3-31-23(29)21(11-7-8-14-25-18(2)22(27)28)20-12-15-26(16-13-20)24(30)32-17-19-9-5-4-6-10-19/h4-6,9-10,18,20-21,25H,3,7-8,11-17H2,1-2H3,(H,27,28)/t18-,21+/m0/s1. The predicted molar refractivity (Wildman–Crippen MR) is 120 cm³/mol. The first-order chi connectivity index (χ1) is 15.4. The first-order valence-electron chi connectivity index (χ1n) is 11.5. The molecule has 0 bridgehead atoms. The normalized spacial score (nSPS) is 16.2. The van der Waals surface area contributed by atoms with Crippen LogP contribution in [0.1, 0.15) is 51.5 Å². The molecule has 0 aromatic heterocycles. The lowest BCUT2D eigenvalue weighted by Crippen LogP contribution is -2.42. The Morgan fingerprint density at radius 3 is 2.44 bits per heavy atom. The first-order valence-corrected chi connectivity index (χ1v) is 11.5. The number of amides is 1. The number of hydrogen-bond donors (Lipinski definition) is 2. The largest absolute Gasteiger partial charge is 0.480 e. The molecule has 32 heavy (non-hydrogen) atoms. The molecule has 8 heteroatoms. The van der Waals surface area contributed by atoms with Crippen LogP contribution in [0.5, 0.6) is 0 Å². The molecule has 178 valence electrons. The lowest BCUT2D eigenvalue weighted by atomic mass is 9.81. The molecule has 1 aliphatic heterocycles. The fourth-order valence-electron chi connectivity index (χ4n) is 3.99. The minimum Gasteiger partial charge on any atom is -0.480 e. The van der Waals surface area contributed by atoms with Crippen molar-refractivity contribution in [3.63, 3.8) is 0 Å². The van der Waals surface area contributed by atoms with Crippen LogP contribution >= 0.6 is 0 Å². The van der Waals surface area contributed by atoms with Crippen molar-refractivity contribution in [2.75, 3.05) is 26.2 Å². The summed E-state index contributed by atoms with van der Waals surface area (Å²) in [6.45, 7) is 5.73. The summed E-state index contributed by atoms with van der Waals surface area (Å²) in [5, 5.41) is 11.9. The van der Waals surface area contributed by atoms with Crippen molar-refractivity contribution < 1.29 is 29.0 Å². The van der Waals surface area contributed by atoms with E-state index in [0.717, 1.165) is 31.2 Å². The second-order valence-electron chi connectivity index (χ2n) is 8.23. The van der Waals surface area contributed by atoms with Gasteiger partial charge >= 0.3 is 18.0 Å². The lowest BCUT2D eigenvalue weighted by Gasteiger charge is -2.34. The van der Waals surface area contributed by atoms with E-state index in [2.05, 4.69) is 5.32 Å². The molecule has 0 unspecified atom stereocenters. The number of likely N-dealkylation sites (tertiary alicyclic amines) is 1. The fraction of sp³-hybridized carbons (Fsp3) is 0.625. The highest BCUT2D eigenvalue weighted by Crippen LogP contribution is 2.30. The van der Waals surface area contributed by atoms with Gasteiger partial charge in [-0.1, -0.05) is 36.8 Å². The predicted octanol–water partition coefficient (Wildman–Crippen LogP) is 3.45. The molecule has 1 aliphatic rings. The van der Waals surface area contributed by atoms with Gasteiger partial charge in [0.2, 0.25) is 0 Å². The first kappa shape index (κ1) is 25.6. The Bertz CT molecular complexity index is 718. The summed E-state index contributed by atoms with van der Waals surface area (Å²) in [5.41, 5.74) is 0.949. The number of carboxylic acid groups (broad SMARTS) is 1. The van der Waals surface area contributed by atoms with E-state index in [1.54, 1.807) is 18.7 Å². The molecular formula is C24H36N2O6. The zero-order valence-corrected chi connectivity index (χ0v) is 19.1. The zero-order chi connectivity index (χ0) is 23.3. The van der Waals surface area contributed by atoms with Gasteiger partial charge in [-0.15, -0.1) is 0 Å². The van der Waals surface area contributed by atoms with Gasteiger partial charge in [-0.25, -0.2) is 4.79 Å². The summed E-state index contributed by atoms with van der Waals surface area (Å²) in [6, 6.07) is 8.99. The third kappa shape index (κ3) is 8.49. The van der Waals surface area contributed by atoms with Crippen LogP contribution in [0.2, 0.25) is 0 Å². The van der Waals surface area contributed by atoms with Gasteiger partial charge in [0.1, 0.15) is 12.6 Å². The Labute approximate surface area is 190 Å². The Morgan fingerprint density at radius 2 is 1.81 bits per heavy atom. The van der Waals surface area contributed by atoms with Crippen molar-refractivity contribution in [1.82, 2.24) is 10.2 Å². The van der Waals surface area contributed by atoms with Gasteiger partial charge in [0.25, 0.3) is 0 Å². The minimum atomic E-state index is -0.872. The quantitative estimate of drug-likeness (QED) is 0.373. The van der Waals surface area contributed by atoms with Crippen LogP contribution < -0.4 is 5.32 Å². The minimum absolute atomic E-state index is 0.165. The Hall–Kier alpha value is -2.61. The number of carboxylic acids is 1. The van der Waals surface area contributed by atoms with Crippen molar-refractivity contribution in [2.24, 2.45) is 11.8 Å². The van der Waals surface area contributed by atoms with Crippen LogP contribution in [-0.4, -0.2) is 60.3 Å². The number of piperidine rings is 1. The zero-order valence-electron chi connectivity index (χ0n) is 19.1. The molecule has 1 amide bonds. The van der Waals surface area contributed by atoms with Gasteiger partial charge < -0.3 is 24.8 Å². The maximum Gasteiger partial charge on any atom is 0.410 e. The van der Waals surface area contributed by atoms with Crippen molar-refractivity contribution >= 4 is 18.0 Å². The molecule has 1 saturated heterocycles. The molecule has 0 saturated carbocycles. The average Bonchev–Trinajstić information content (AvgIpc) is 2.80. The van der Waals surface area contributed by atoms with E-state index in [1.807, 2.05) is 30.3 Å². The number of esters is 1. The summed E-state index contributed by atoms with van der Waals surface area (Å²) in [6.07, 6.45) is 3.44. The second-order valence-corrected chi connectivity index (χ2v) is 8.23. The van der Waals surface area contributed by atoms with Crippen molar-refractivity contribution in [3.05, 3.63) is 35.9 Å². The smallest absolute Gasteiger partial charge is 0.410 e. The van der Waals surface area contributed by atoms with Gasteiger partial charge in [-0.05, 0) is 57.6 Å². The third-order valence-corrected chi connectivity index (χ3v) is 5.92. The molecule has 0 radical (unpaired) electrons. The SMILES string of the molecule is CCOC(=O)[C@H](CCCCN[C@@H](C)C(=O)O)C1CCN(C(=O)OCc2ccccc2)CC1. The van der Waals surface area contributed by atoms with Crippen LogP contribution in [0.3, 0.4) is 0 Å². The van der Waals surface area contributed by atoms with E-state index < -0.39 is 12.0 Å². The summed E-state index contributed by atoms with van der Waals surface area (Å²) in [5.74, 6) is -1.08. The molecule has 2 atom stereocenters. The number of ether oxygens (including phenoxy) is 2. The van der Waals surface area contributed by atoms with E-state index in [4.69, 9.17) is 14.6 Å². The Kier molecular flexibility index (Phi) is 11.0. The van der Waals surface area contributed by atoms with E-state index in [-0.39, 0.29) is 30.5 Å². The van der Waals surface area contributed by atoms with Crippen LogP contribution in [0.15, 0.2) is 30.3 Å². The summed E-state index contributed by atoms with van der Waals surface area (Å²) < 4.78 is 10.7.